The third-order valence-electron chi connectivity index (χ3n) is 8.85. The monoisotopic (exact) mass is 473 g/mol. The van der Waals surface area contributed by atoms with Crippen LogP contribution in [0.5, 0.6) is 0 Å². The van der Waals surface area contributed by atoms with Crippen LogP contribution in [0.15, 0.2) is 34.7 Å². The topological polar surface area (TPSA) is 88.5 Å². The van der Waals surface area contributed by atoms with Crippen LogP contribution < -0.4 is 0 Å². The first-order valence-corrected chi connectivity index (χ1v) is 13.0. The molecule has 0 aromatic carbocycles. The number of esters is 1. The molecule has 34 heavy (non-hydrogen) atoms. The van der Waals surface area contributed by atoms with E-state index in [9.17, 15) is 15.0 Å². The van der Waals surface area contributed by atoms with Crippen molar-refractivity contribution in [3.05, 3.63) is 34.7 Å². The summed E-state index contributed by atoms with van der Waals surface area (Å²) in [5.41, 5.74) is -0.498. The predicted molar refractivity (Wildman–Crippen MR) is 126 cm³/mol. The maximum Gasteiger partial charge on any atom is 0.345 e. The number of hydrogen-bond acceptors (Lipinski definition) is 7. The first-order valence-electron chi connectivity index (χ1n) is 13.0. The van der Waals surface area contributed by atoms with Crippen LogP contribution in [0, 0.1) is 17.8 Å². The van der Waals surface area contributed by atoms with Crippen molar-refractivity contribution in [3.8, 4) is 0 Å². The van der Waals surface area contributed by atoms with Crippen LogP contribution in [0.4, 0.5) is 0 Å². The second kappa shape index (κ2) is 8.99. The summed E-state index contributed by atoms with van der Waals surface area (Å²) in [5.74, 6) is 2.26. The minimum Gasteiger partial charge on any atom is -0.492 e. The van der Waals surface area contributed by atoms with Crippen LogP contribution in [-0.4, -0.2) is 58.5 Å². The van der Waals surface area contributed by atoms with E-state index in [4.69, 9.17) is 14.2 Å². The van der Waals surface area contributed by atoms with Gasteiger partial charge in [-0.3, -0.25) is 4.90 Å². The molecule has 6 unspecified atom stereocenters. The van der Waals surface area contributed by atoms with Gasteiger partial charge < -0.3 is 24.4 Å². The molecular formula is C27H39NO6. The summed E-state index contributed by atoms with van der Waals surface area (Å²) in [6.45, 7) is 6.15. The number of aliphatic hydroxyl groups is 2. The number of allylic oxidation sites excluding steroid dienone is 1. The van der Waals surface area contributed by atoms with E-state index in [1.54, 1.807) is 0 Å². The number of carbonyl (C=O) groups excluding carboxylic acids is 1. The standard InChI is InChI=1S/C27H39NO6/c1-15(2)10-12-27(31)13-11-17-8-9-20-22(19-6-5-7-21(27)28(17)19)16(3)23(33-20)25-24(32-4)18(14-29)26(30)34-25/h9,15-17,19,21-22,29,31H,5-8,10-14H2,1-4H3. The van der Waals surface area contributed by atoms with Crippen molar-refractivity contribution < 1.29 is 29.2 Å². The maximum atomic E-state index is 12.3. The third-order valence-corrected chi connectivity index (χ3v) is 8.85. The average Bonchev–Trinajstić information content (AvgIpc) is 3.26. The van der Waals surface area contributed by atoms with Crippen LogP contribution in [0.1, 0.15) is 72.1 Å². The summed E-state index contributed by atoms with van der Waals surface area (Å²) in [5, 5.41) is 21.5. The van der Waals surface area contributed by atoms with Gasteiger partial charge in [0.25, 0.3) is 0 Å². The van der Waals surface area contributed by atoms with Crippen LogP contribution in [-0.2, 0) is 19.0 Å². The van der Waals surface area contributed by atoms with Crippen molar-refractivity contribution in [1.29, 1.82) is 0 Å². The Bertz CT molecular complexity index is 935. The number of rotatable bonds is 5. The van der Waals surface area contributed by atoms with Gasteiger partial charge in [-0.1, -0.05) is 27.2 Å². The van der Waals surface area contributed by atoms with Gasteiger partial charge in [0.05, 0.1) is 19.3 Å². The molecule has 5 aliphatic heterocycles. The van der Waals surface area contributed by atoms with Crippen molar-refractivity contribution in [2.45, 2.75) is 95.9 Å². The molecule has 0 aromatic rings. The summed E-state index contributed by atoms with van der Waals surface area (Å²) in [4.78, 5) is 15.0. The number of hydrogen-bond donors (Lipinski definition) is 2. The van der Waals surface area contributed by atoms with E-state index in [0.717, 1.165) is 57.1 Å². The lowest BCUT2D eigenvalue weighted by atomic mass is 9.70. The summed E-state index contributed by atoms with van der Waals surface area (Å²) < 4.78 is 17.4. The number of cyclic esters (lactones) is 1. The van der Waals surface area contributed by atoms with Crippen molar-refractivity contribution >= 4 is 5.97 Å². The highest BCUT2D eigenvalue weighted by Gasteiger charge is 2.56. The fourth-order valence-corrected chi connectivity index (χ4v) is 7.14. The first kappa shape index (κ1) is 23.9. The summed E-state index contributed by atoms with van der Waals surface area (Å²) in [6.07, 6.45) is 10.1. The van der Waals surface area contributed by atoms with E-state index in [2.05, 4.69) is 31.7 Å². The normalized spacial score (nSPS) is 39.9. The van der Waals surface area contributed by atoms with Gasteiger partial charge in [-0.2, -0.15) is 0 Å². The fraction of sp³-hybridized carbons (Fsp3) is 0.741. The van der Waals surface area contributed by atoms with E-state index < -0.39 is 18.2 Å². The van der Waals surface area contributed by atoms with Gasteiger partial charge in [-0.25, -0.2) is 4.79 Å². The molecule has 0 aromatic heterocycles. The number of methoxy groups -OCH3 is 1. The van der Waals surface area contributed by atoms with Crippen LogP contribution in [0.25, 0.3) is 0 Å². The van der Waals surface area contributed by atoms with Gasteiger partial charge in [-0.15, -0.1) is 0 Å². The molecular weight excluding hydrogens is 434 g/mol. The van der Waals surface area contributed by atoms with E-state index in [1.165, 1.54) is 7.11 Å². The zero-order valence-corrected chi connectivity index (χ0v) is 20.9. The molecule has 7 heteroatoms. The summed E-state index contributed by atoms with van der Waals surface area (Å²) >= 11 is 0. The minimum absolute atomic E-state index is 0.00886. The summed E-state index contributed by atoms with van der Waals surface area (Å²) in [7, 11) is 1.48. The Morgan fingerprint density at radius 3 is 2.76 bits per heavy atom. The van der Waals surface area contributed by atoms with Gasteiger partial charge in [0.15, 0.2) is 11.5 Å². The largest absolute Gasteiger partial charge is 0.492 e. The van der Waals surface area contributed by atoms with Gasteiger partial charge in [0, 0.05) is 30.0 Å². The number of fused-ring (bicyclic) bond motifs is 2. The highest BCUT2D eigenvalue weighted by atomic mass is 16.6. The second-order valence-electron chi connectivity index (χ2n) is 11.2. The van der Waals surface area contributed by atoms with E-state index >= 15 is 0 Å². The van der Waals surface area contributed by atoms with Crippen molar-refractivity contribution in [3.63, 3.8) is 0 Å². The maximum absolute atomic E-state index is 12.3. The molecule has 0 aliphatic carbocycles. The molecule has 0 spiro atoms. The summed E-state index contributed by atoms with van der Waals surface area (Å²) in [6, 6.07) is 0.889. The molecule has 188 valence electrons. The highest BCUT2D eigenvalue weighted by Crippen LogP contribution is 2.53. The van der Waals surface area contributed by atoms with E-state index in [-0.39, 0.29) is 35.3 Å². The zero-order chi connectivity index (χ0) is 24.2. The Morgan fingerprint density at radius 1 is 1.26 bits per heavy atom. The Labute approximate surface area is 202 Å². The number of aliphatic hydroxyl groups excluding tert-OH is 1. The zero-order valence-electron chi connectivity index (χ0n) is 20.9. The van der Waals surface area contributed by atoms with Crippen molar-refractivity contribution in [2.24, 2.45) is 17.8 Å². The highest BCUT2D eigenvalue weighted by molar-refractivity contribution is 5.94. The average molecular weight is 474 g/mol. The van der Waals surface area contributed by atoms with Crippen LogP contribution >= 0.6 is 0 Å². The van der Waals surface area contributed by atoms with Crippen LogP contribution in [0.2, 0.25) is 0 Å². The number of carbonyl (C=O) groups is 1. The van der Waals surface area contributed by atoms with Gasteiger partial charge in [0.1, 0.15) is 11.3 Å². The molecule has 2 N–H and O–H groups in total. The molecule has 6 atom stereocenters. The van der Waals surface area contributed by atoms with Gasteiger partial charge >= 0.3 is 5.97 Å². The molecule has 5 rings (SSSR count). The molecule has 0 saturated carbocycles. The van der Waals surface area contributed by atoms with Gasteiger partial charge in [0.2, 0.25) is 5.76 Å². The number of piperidine rings is 2. The SMILES string of the molecule is COC1=C(CO)C(=O)OC1=C1OC2=CCC3CCC(O)(CCC(C)C)C4CCCC(C2C1C)N34. The fourth-order valence-electron chi connectivity index (χ4n) is 7.14. The molecule has 0 radical (unpaired) electrons. The molecule has 5 aliphatic rings. The van der Waals surface area contributed by atoms with Crippen molar-refractivity contribution in [2.75, 3.05) is 13.7 Å². The Hall–Kier alpha value is -1.83. The third kappa shape index (κ3) is 3.71. The lowest BCUT2D eigenvalue weighted by Gasteiger charge is -2.57. The Balaban J connectivity index is 1.49. The second-order valence-corrected chi connectivity index (χ2v) is 11.2. The van der Waals surface area contributed by atoms with Crippen molar-refractivity contribution in [1.82, 2.24) is 4.90 Å². The predicted octanol–water partition coefficient (Wildman–Crippen LogP) is 3.77. The molecule has 3 saturated heterocycles. The van der Waals surface area contributed by atoms with E-state index in [0.29, 0.717) is 23.5 Å². The first-order chi connectivity index (χ1) is 16.3. The van der Waals surface area contributed by atoms with E-state index in [1.807, 2.05) is 0 Å². The lowest BCUT2D eigenvalue weighted by molar-refractivity contribution is -0.144. The quantitative estimate of drug-likeness (QED) is 0.588. The molecule has 5 heterocycles. The van der Waals surface area contributed by atoms with Gasteiger partial charge in [-0.05, 0) is 56.9 Å². The minimum atomic E-state index is -0.628. The molecule has 0 bridgehead atoms. The Morgan fingerprint density at radius 2 is 2.06 bits per heavy atom. The Kier molecular flexibility index (Phi) is 6.32. The molecule has 0 amide bonds. The lowest BCUT2D eigenvalue weighted by Crippen LogP contribution is -2.65. The molecule has 7 nitrogen and oxygen atoms in total. The number of nitrogens with zero attached hydrogens (tertiary/aromatic N) is 1. The van der Waals surface area contributed by atoms with Crippen LogP contribution in [0.3, 0.4) is 0 Å². The molecule has 3 fully saturated rings. The number of ether oxygens (including phenoxy) is 3. The smallest absolute Gasteiger partial charge is 0.345 e.